The number of benzene rings is 2. The van der Waals surface area contributed by atoms with E-state index < -0.39 is 0 Å². The minimum Gasteiger partial charge on any atom is -0.336 e. The van der Waals surface area contributed by atoms with E-state index in [0.717, 1.165) is 30.9 Å². The number of nitrogens with one attached hydrogen (secondary N) is 1. The van der Waals surface area contributed by atoms with Crippen molar-refractivity contribution in [3.8, 4) is 0 Å². The number of anilines is 1. The molecular formula is C20H27N3O. The fourth-order valence-electron chi connectivity index (χ4n) is 2.61. The molecular weight excluding hydrogens is 298 g/mol. The summed E-state index contributed by atoms with van der Waals surface area (Å²) in [6, 6.07) is 19.8. The third-order valence-electron chi connectivity index (χ3n) is 4.10. The Kier molecular flexibility index (Phi) is 7.30. The van der Waals surface area contributed by atoms with Crippen molar-refractivity contribution in [2.45, 2.75) is 20.4 Å². The van der Waals surface area contributed by atoms with Crippen molar-refractivity contribution in [1.29, 1.82) is 0 Å². The lowest BCUT2D eigenvalue weighted by molar-refractivity contribution is 0.242. The molecule has 0 heterocycles. The molecule has 2 aromatic carbocycles. The van der Waals surface area contributed by atoms with E-state index in [9.17, 15) is 4.79 Å². The van der Waals surface area contributed by atoms with Crippen LogP contribution in [-0.2, 0) is 6.54 Å². The Balaban J connectivity index is 2.04. The van der Waals surface area contributed by atoms with Gasteiger partial charge in [0.25, 0.3) is 0 Å². The number of carbonyl (C=O) groups excluding carboxylic acids is 1. The monoisotopic (exact) mass is 325 g/mol. The predicted molar refractivity (Wildman–Crippen MR) is 100 cm³/mol. The lowest BCUT2D eigenvalue weighted by Gasteiger charge is -2.24. The van der Waals surface area contributed by atoms with Gasteiger partial charge in [0.15, 0.2) is 0 Å². The number of hydrogen-bond acceptors (Lipinski definition) is 2. The molecule has 4 heteroatoms. The predicted octanol–water partition coefficient (Wildman–Crippen LogP) is 3.74. The molecule has 0 aliphatic rings. The van der Waals surface area contributed by atoms with Gasteiger partial charge in [0, 0.05) is 18.8 Å². The van der Waals surface area contributed by atoms with Gasteiger partial charge in [-0.25, -0.2) is 4.79 Å². The van der Waals surface area contributed by atoms with E-state index in [1.165, 1.54) is 0 Å². The summed E-state index contributed by atoms with van der Waals surface area (Å²) in [5.74, 6) is 0. The van der Waals surface area contributed by atoms with Crippen LogP contribution in [0.1, 0.15) is 19.4 Å². The van der Waals surface area contributed by atoms with Gasteiger partial charge in [-0.1, -0.05) is 62.4 Å². The van der Waals surface area contributed by atoms with Gasteiger partial charge in [-0.15, -0.1) is 0 Å². The first-order valence-electron chi connectivity index (χ1n) is 8.61. The Hall–Kier alpha value is -2.33. The number of para-hydroxylation sites is 1. The summed E-state index contributed by atoms with van der Waals surface area (Å²) in [5, 5.41) is 3.05. The average Bonchev–Trinajstić information content (AvgIpc) is 2.64. The fraction of sp³-hybridized carbons (Fsp3) is 0.350. The molecule has 0 unspecified atom stereocenters. The van der Waals surface area contributed by atoms with Crippen molar-refractivity contribution >= 4 is 11.7 Å². The van der Waals surface area contributed by atoms with E-state index in [4.69, 9.17) is 0 Å². The highest BCUT2D eigenvalue weighted by molar-refractivity contribution is 5.91. The Labute approximate surface area is 145 Å². The Morgan fingerprint density at radius 3 is 2.08 bits per heavy atom. The summed E-state index contributed by atoms with van der Waals surface area (Å²) in [4.78, 5) is 16.8. The molecule has 2 aromatic rings. The lowest BCUT2D eigenvalue weighted by atomic mass is 10.2. The van der Waals surface area contributed by atoms with Crippen LogP contribution in [0.3, 0.4) is 0 Å². The van der Waals surface area contributed by atoms with Crippen molar-refractivity contribution in [1.82, 2.24) is 10.2 Å². The molecule has 24 heavy (non-hydrogen) atoms. The summed E-state index contributed by atoms with van der Waals surface area (Å²) < 4.78 is 0. The van der Waals surface area contributed by atoms with Crippen molar-refractivity contribution in [3.05, 3.63) is 66.2 Å². The quantitative estimate of drug-likeness (QED) is 0.802. The number of urea groups is 1. The molecule has 0 aromatic heterocycles. The average molecular weight is 325 g/mol. The first-order valence-corrected chi connectivity index (χ1v) is 8.61. The van der Waals surface area contributed by atoms with Crippen molar-refractivity contribution in [2.75, 3.05) is 31.1 Å². The lowest BCUT2D eigenvalue weighted by Crippen LogP contribution is -2.43. The van der Waals surface area contributed by atoms with E-state index in [0.29, 0.717) is 13.1 Å². The van der Waals surface area contributed by atoms with E-state index in [-0.39, 0.29) is 6.03 Å². The Morgan fingerprint density at radius 2 is 1.50 bits per heavy atom. The third kappa shape index (κ3) is 5.39. The van der Waals surface area contributed by atoms with Crippen LogP contribution < -0.4 is 10.2 Å². The summed E-state index contributed by atoms with van der Waals surface area (Å²) in [6.07, 6.45) is 0. The third-order valence-corrected chi connectivity index (χ3v) is 4.10. The van der Waals surface area contributed by atoms with Crippen LogP contribution in [0.25, 0.3) is 0 Å². The van der Waals surface area contributed by atoms with Crippen LogP contribution in [-0.4, -0.2) is 37.1 Å². The maximum absolute atomic E-state index is 12.7. The van der Waals surface area contributed by atoms with E-state index in [1.54, 1.807) is 4.90 Å². The second kappa shape index (κ2) is 9.73. The summed E-state index contributed by atoms with van der Waals surface area (Å²) in [5.41, 5.74) is 2.02. The van der Waals surface area contributed by atoms with Gasteiger partial charge in [0.2, 0.25) is 0 Å². The van der Waals surface area contributed by atoms with E-state index in [1.807, 2.05) is 60.7 Å². The topological polar surface area (TPSA) is 35.6 Å². The van der Waals surface area contributed by atoms with Crippen LogP contribution in [0.2, 0.25) is 0 Å². The van der Waals surface area contributed by atoms with Crippen LogP contribution in [0, 0.1) is 0 Å². The smallest absolute Gasteiger partial charge is 0.322 e. The number of likely N-dealkylation sites (N-methyl/N-ethyl adjacent to an activating group) is 1. The molecule has 0 aliphatic carbocycles. The first-order chi connectivity index (χ1) is 11.7. The SMILES string of the molecule is CCN(CC)CCNC(=O)N(Cc1ccccc1)c1ccccc1. The van der Waals surface area contributed by atoms with Gasteiger partial charge in [-0.2, -0.15) is 0 Å². The first kappa shape index (κ1) is 18.0. The van der Waals surface area contributed by atoms with Gasteiger partial charge >= 0.3 is 6.03 Å². The normalized spacial score (nSPS) is 10.6. The molecule has 0 atom stereocenters. The zero-order valence-electron chi connectivity index (χ0n) is 14.6. The molecule has 2 rings (SSSR count). The minimum atomic E-state index is -0.0581. The molecule has 0 fully saturated rings. The summed E-state index contributed by atoms with van der Waals surface area (Å²) in [6.45, 7) is 8.35. The minimum absolute atomic E-state index is 0.0581. The Morgan fingerprint density at radius 1 is 0.917 bits per heavy atom. The van der Waals surface area contributed by atoms with E-state index in [2.05, 4.69) is 24.1 Å². The molecule has 0 saturated carbocycles. The highest BCUT2D eigenvalue weighted by Crippen LogP contribution is 2.16. The maximum Gasteiger partial charge on any atom is 0.322 e. The molecule has 1 N–H and O–H groups in total. The number of hydrogen-bond donors (Lipinski definition) is 1. The van der Waals surface area contributed by atoms with Gasteiger partial charge in [0.05, 0.1) is 6.54 Å². The largest absolute Gasteiger partial charge is 0.336 e. The molecule has 0 radical (unpaired) electrons. The molecule has 2 amide bonds. The highest BCUT2D eigenvalue weighted by atomic mass is 16.2. The second-order valence-electron chi connectivity index (χ2n) is 5.67. The van der Waals surface area contributed by atoms with Crippen LogP contribution in [0.15, 0.2) is 60.7 Å². The van der Waals surface area contributed by atoms with Crippen molar-refractivity contribution in [3.63, 3.8) is 0 Å². The summed E-state index contributed by atoms with van der Waals surface area (Å²) in [7, 11) is 0. The molecule has 4 nitrogen and oxygen atoms in total. The maximum atomic E-state index is 12.7. The van der Waals surface area contributed by atoms with Gasteiger partial charge in [-0.05, 0) is 30.8 Å². The Bertz CT molecular complexity index is 597. The fourth-order valence-corrected chi connectivity index (χ4v) is 2.61. The zero-order valence-corrected chi connectivity index (χ0v) is 14.6. The van der Waals surface area contributed by atoms with Gasteiger partial charge in [0.1, 0.15) is 0 Å². The molecule has 0 aliphatic heterocycles. The van der Waals surface area contributed by atoms with Gasteiger partial charge < -0.3 is 10.2 Å². The standard InChI is InChI=1S/C20H27N3O/c1-3-22(4-2)16-15-21-20(24)23(19-13-9-6-10-14-19)17-18-11-7-5-8-12-18/h5-14H,3-4,15-17H2,1-2H3,(H,21,24). The van der Waals surface area contributed by atoms with Crippen LogP contribution >= 0.6 is 0 Å². The molecule has 0 bridgehead atoms. The highest BCUT2D eigenvalue weighted by Gasteiger charge is 2.15. The van der Waals surface area contributed by atoms with Crippen molar-refractivity contribution < 1.29 is 4.79 Å². The van der Waals surface area contributed by atoms with Crippen LogP contribution in [0.5, 0.6) is 0 Å². The number of amides is 2. The van der Waals surface area contributed by atoms with E-state index >= 15 is 0 Å². The zero-order chi connectivity index (χ0) is 17.2. The number of carbonyl (C=O) groups is 1. The molecule has 0 spiro atoms. The number of nitrogens with zero attached hydrogens (tertiary/aromatic N) is 2. The molecule has 128 valence electrons. The van der Waals surface area contributed by atoms with Crippen molar-refractivity contribution in [2.24, 2.45) is 0 Å². The molecule has 0 saturated heterocycles. The summed E-state index contributed by atoms with van der Waals surface area (Å²) >= 11 is 0. The second-order valence-corrected chi connectivity index (χ2v) is 5.67. The van der Waals surface area contributed by atoms with Crippen LogP contribution in [0.4, 0.5) is 10.5 Å². The number of rotatable bonds is 8. The van der Waals surface area contributed by atoms with Gasteiger partial charge in [-0.3, -0.25) is 4.90 Å².